The van der Waals surface area contributed by atoms with Crippen molar-refractivity contribution in [3.8, 4) is 0 Å². The first-order valence-corrected chi connectivity index (χ1v) is 15.9. The fourth-order valence-electron chi connectivity index (χ4n) is 5.89. The molecular weight excluding hydrogens is 582 g/mol. The van der Waals surface area contributed by atoms with E-state index >= 15 is 0 Å². The number of nitrogens with zero attached hydrogens (tertiary/aromatic N) is 4. The standard InChI is InChI=1S/C36H45N5O5/c1-35(2,3)45-33(43)38-20-27-19-24(23-42)16-17-26(27)21-40(30-15-9-11-25-12-10-18-37-32(25)30)22-31-39-28-13-7-8-14-29(28)41(31)34(44)46-36(4,5)6/h7-8,10,12-14,16-19,30,42H,9,11,15,20-23H2,1-6H3,(H,38,43). The molecule has 1 unspecified atom stereocenters. The molecule has 1 amide bonds. The Morgan fingerprint density at radius 1 is 0.978 bits per heavy atom. The maximum absolute atomic E-state index is 13.6. The molecule has 46 heavy (non-hydrogen) atoms. The summed E-state index contributed by atoms with van der Waals surface area (Å²) in [5.74, 6) is 0.568. The number of imidazole rings is 1. The molecule has 2 aromatic heterocycles. The fourth-order valence-corrected chi connectivity index (χ4v) is 5.89. The van der Waals surface area contributed by atoms with Crippen LogP contribution in [0, 0.1) is 0 Å². The van der Waals surface area contributed by atoms with Gasteiger partial charge in [0.15, 0.2) is 0 Å². The largest absolute Gasteiger partial charge is 0.444 e. The van der Waals surface area contributed by atoms with Gasteiger partial charge in [-0.3, -0.25) is 9.88 Å². The Labute approximate surface area is 270 Å². The van der Waals surface area contributed by atoms with Gasteiger partial charge in [-0.05, 0) is 101 Å². The molecule has 2 aromatic carbocycles. The Hall–Kier alpha value is -4.28. The number of hydrogen-bond donors (Lipinski definition) is 2. The minimum Gasteiger partial charge on any atom is -0.444 e. The molecule has 0 spiro atoms. The first-order valence-electron chi connectivity index (χ1n) is 15.9. The maximum atomic E-state index is 13.6. The average molecular weight is 628 g/mol. The smallest absolute Gasteiger partial charge is 0.420 e. The third kappa shape index (κ3) is 8.10. The van der Waals surface area contributed by atoms with E-state index in [1.807, 2.05) is 96.3 Å². The van der Waals surface area contributed by atoms with Gasteiger partial charge in [-0.25, -0.2) is 19.1 Å². The van der Waals surface area contributed by atoms with Crippen LogP contribution in [0.2, 0.25) is 0 Å². The molecule has 0 bridgehead atoms. The van der Waals surface area contributed by atoms with E-state index in [0.717, 1.165) is 41.6 Å². The summed E-state index contributed by atoms with van der Waals surface area (Å²) in [5.41, 5.74) is 4.89. The highest BCUT2D eigenvalue weighted by Crippen LogP contribution is 2.36. The molecule has 4 aromatic rings. The molecule has 0 saturated carbocycles. The molecule has 0 saturated heterocycles. The molecule has 244 valence electrons. The number of alkyl carbamates (subject to hydrolysis) is 1. The van der Waals surface area contributed by atoms with Crippen LogP contribution in [-0.4, -0.2) is 47.9 Å². The Morgan fingerprint density at radius 3 is 2.48 bits per heavy atom. The molecule has 0 radical (unpaired) electrons. The lowest BCUT2D eigenvalue weighted by Crippen LogP contribution is -2.35. The van der Waals surface area contributed by atoms with Gasteiger partial charge in [-0.1, -0.05) is 36.4 Å². The number of aliphatic hydroxyl groups excluding tert-OH is 1. The molecule has 1 aliphatic carbocycles. The van der Waals surface area contributed by atoms with Crippen LogP contribution in [0.3, 0.4) is 0 Å². The molecule has 5 rings (SSSR count). The average Bonchev–Trinajstić information content (AvgIpc) is 3.36. The number of carbonyl (C=O) groups is 2. The van der Waals surface area contributed by atoms with Crippen molar-refractivity contribution >= 4 is 23.2 Å². The normalized spacial score (nSPS) is 15.1. The monoisotopic (exact) mass is 627 g/mol. The van der Waals surface area contributed by atoms with Crippen molar-refractivity contribution in [3.05, 3.63) is 94.6 Å². The van der Waals surface area contributed by atoms with Gasteiger partial charge in [0.05, 0.1) is 35.9 Å². The number of ether oxygens (including phenoxy) is 2. The number of amides is 1. The SMILES string of the molecule is CC(C)(C)OC(=O)NCc1cc(CO)ccc1CN(Cc1nc2ccccc2n1C(=O)OC(C)(C)C)C1CCCc2cccnc21. The minimum atomic E-state index is -0.684. The summed E-state index contributed by atoms with van der Waals surface area (Å²) in [6, 6.07) is 17.4. The van der Waals surface area contributed by atoms with Crippen molar-refractivity contribution in [2.75, 3.05) is 0 Å². The Morgan fingerprint density at radius 2 is 1.74 bits per heavy atom. The van der Waals surface area contributed by atoms with Crippen molar-refractivity contribution in [3.63, 3.8) is 0 Å². The van der Waals surface area contributed by atoms with Gasteiger partial charge in [0.25, 0.3) is 0 Å². The van der Waals surface area contributed by atoms with Crippen LogP contribution in [0.15, 0.2) is 60.8 Å². The second kappa shape index (κ2) is 13.6. The highest BCUT2D eigenvalue weighted by molar-refractivity contribution is 5.87. The van der Waals surface area contributed by atoms with Gasteiger partial charge >= 0.3 is 12.2 Å². The minimum absolute atomic E-state index is 0.0407. The number of aliphatic hydroxyl groups is 1. The molecule has 1 aliphatic rings. The van der Waals surface area contributed by atoms with Gasteiger partial charge in [-0.2, -0.15) is 0 Å². The first kappa shape index (κ1) is 33.1. The Kier molecular flexibility index (Phi) is 9.79. The first-order chi connectivity index (χ1) is 21.8. The van der Waals surface area contributed by atoms with E-state index in [1.54, 1.807) is 4.57 Å². The fraction of sp³-hybridized carbons (Fsp3) is 0.444. The van der Waals surface area contributed by atoms with Crippen molar-refractivity contribution in [1.29, 1.82) is 0 Å². The number of rotatable bonds is 8. The highest BCUT2D eigenvalue weighted by atomic mass is 16.6. The summed E-state index contributed by atoms with van der Waals surface area (Å²) in [6.07, 6.45) is 3.68. The summed E-state index contributed by atoms with van der Waals surface area (Å²) in [7, 11) is 0. The third-order valence-corrected chi connectivity index (χ3v) is 7.81. The Balaban J connectivity index is 1.55. The molecule has 2 heterocycles. The van der Waals surface area contributed by atoms with Crippen molar-refractivity contribution in [2.24, 2.45) is 0 Å². The predicted octanol–water partition coefficient (Wildman–Crippen LogP) is 6.81. The van der Waals surface area contributed by atoms with Gasteiger partial charge < -0.3 is 19.9 Å². The van der Waals surface area contributed by atoms with E-state index in [9.17, 15) is 14.7 Å². The van der Waals surface area contributed by atoms with Crippen LogP contribution >= 0.6 is 0 Å². The third-order valence-electron chi connectivity index (χ3n) is 7.81. The van der Waals surface area contributed by atoms with Crippen LogP contribution in [0.5, 0.6) is 0 Å². The summed E-state index contributed by atoms with van der Waals surface area (Å²) in [5, 5.41) is 12.8. The molecule has 1 atom stereocenters. The Bertz CT molecular complexity index is 1700. The van der Waals surface area contributed by atoms with Crippen molar-refractivity contribution in [1.82, 2.24) is 24.8 Å². The lowest BCUT2D eigenvalue weighted by molar-refractivity contribution is 0.0516. The summed E-state index contributed by atoms with van der Waals surface area (Å²) < 4.78 is 12.9. The number of aromatic nitrogens is 3. The number of hydrogen-bond acceptors (Lipinski definition) is 8. The zero-order chi connectivity index (χ0) is 33.1. The molecule has 0 aliphatic heterocycles. The van der Waals surface area contributed by atoms with E-state index < -0.39 is 23.4 Å². The highest BCUT2D eigenvalue weighted by Gasteiger charge is 2.31. The van der Waals surface area contributed by atoms with E-state index in [0.29, 0.717) is 29.9 Å². The quantitative estimate of drug-likeness (QED) is 0.219. The number of pyridine rings is 1. The van der Waals surface area contributed by atoms with Crippen molar-refractivity contribution < 1.29 is 24.2 Å². The van der Waals surface area contributed by atoms with Crippen molar-refractivity contribution in [2.45, 2.75) is 104 Å². The topological polar surface area (TPSA) is 119 Å². The van der Waals surface area contributed by atoms with E-state index in [2.05, 4.69) is 16.3 Å². The van der Waals surface area contributed by atoms with Crippen LogP contribution in [0.4, 0.5) is 9.59 Å². The van der Waals surface area contributed by atoms with E-state index in [-0.39, 0.29) is 19.2 Å². The lowest BCUT2D eigenvalue weighted by atomic mass is 9.90. The molecule has 10 nitrogen and oxygen atoms in total. The van der Waals surface area contributed by atoms with Gasteiger partial charge in [-0.15, -0.1) is 0 Å². The van der Waals surface area contributed by atoms with Crippen LogP contribution in [-0.2, 0) is 42.1 Å². The zero-order valence-corrected chi connectivity index (χ0v) is 27.7. The number of nitrogens with one attached hydrogen (secondary N) is 1. The van der Waals surface area contributed by atoms with Crippen LogP contribution in [0.1, 0.15) is 94.2 Å². The molecular formula is C36H45N5O5. The van der Waals surface area contributed by atoms with Crippen LogP contribution in [0.25, 0.3) is 11.0 Å². The summed E-state index contributed by atoms with van der Waals surface area (Å²) in [6.45, 7) is 11.9. The predicted molar refractivity (Wildman–Crippen MR) is 176 cm³/mol. The summed E-state index contributed by atoms with van der Waals surface area (Å²) >= 11 is 0. The van der Waals surface area contributed by atoms with Gasteiger partial charge in [0.1, 0.15) is 17.0 Å². The maximum Gasteiger partial charge on any atom is 0.420 e. The number of aryl methyl sites for hydroxylation is 1. The number of fused-ring (bicyclic) bond motifs is 2. The van der Waals surface area contributed by atoms with Gasteiger partial charge in [0, 0.05) is 19.3 Å². The van der Waals surface area contributed by atoms with E-state index in [1.165, 1.54) is 5.56 Å². The molecule has 0 fully saturated rings. The van der Waals surface area contributed by atoms with Crippen LogP contribution < -0.4 is 5.32 Å². The molecule has 2 N–H and O–H groups in total. The van der Waals surface area contributed by atoms with Gasteiger partial charge in [0.2, 0.25) is 0 Å². The lowest BCUT2D eigenvalue weighted by Gasteiger charge is -2.35. The molecule has 10 heteroatoms. The number of benzene rings is 2. The second-order valence-corrected chi connectivity index (χ2v) is 13.8. The summed E-state index contributed by atoms with van der Waals surface area (Å²) in [4.78, 5) is 38.3. The number of para-hydroxylation sites is 2. The number of carbonyl (C=O) groups excluding carboxylic acids is 2. The zero-order valence-electron chi connectivity index (χ0n) is 27.7. The van der Waals surface area contributed by atoms with E-state index in [4.69, 9.17) is 19.4 Å². The second-order valence-electron chi connectivity index (χ2n) is 13.8.